The first-order chi connectivity index (χ1) is 9.50. The van der Waals surface area contributed by atoms with Gasteiger partial charge in [0.15, 0.2) is 0 Å². The molecule has 1 aliphatic heterocycles. The molecule has 1 atom stereocenters. The van der Waals surface area contributed by atoms with Gasteiger partial charge in [-0.1, -0.05) is 18.8 Å². The Morgan fingerprint density at radius 3 is 2.80 bits per heavy atom. The number of aliphatic hydroxyl groups is 1. The Hall–Kier alpha value is -1.84. The van der Waals surface area contributed by atoms with Gasteiger partial charge in [0.1, 0.15) is 12.1 Å². The van der Waals surface area contributed by atoms with Crippen LogP contribution in [0.15, 0.2) is 12.1 Å². The van der Waals surface area contributed by atoms with Crippen molar-refractivity contribution in [2.24, 2.45) is 0 Å². The number of hydrogen-bond donors (Lipinski definition) is 2. The number of hydrogen-bond acceptors (Lipinski definition) is 4. The molecule has 0 aromatic carbocycles. The highest BCUT2D eigenvalue weighted by Gasteiger charge is 2.46. The normalized spacial score (nSPS) is 21.6. The van der Waals surface area contributed by atoms with Crippen molar-refractivity contribution in [2.45, 2.75) is 32.4 Å². The van der Waals surface area contributed by atoms with Crippen molar-refractivity contribution in [2.75, 3.05) is 6.61 Å². The van der Waals surface area contributed by atoms with Gasteiger partial charge in [0, 0.05) is 4.88 Å². The summed E-state index contributed by atoms with van der Waals surface area (Å²) in [6, 6.07) is 3.31. The molecule has 1 aromatic heterocycles. The fraction of sp³-hybridized carbons (Fsp3) is 0.429. The van der Waals surface area contributed by atoms with E-state index in [-0.39, 0.29) is 25.1 Å². The average Bonchev–Trinajstić information content (AvgIpc) is 2.96. The number of carbonyl (C=O) groups is 2. The Balaban J connectivity index is 2.12. The number of rotatable bonds is 3. The minimum absolute atomic E-state index is 0.185. The lowest BCUT2D eigenvalue weighted by atomic mass is 9.99. The molecule has 2 heterocycles. The van der Waals surface area contributed by atoms with Gasteiger partial charge >= 0.3 is 6.03 Å². The van der Waals surface area contributed by atoms with Crippen LogP contribution in [0.5, 0.6) is 0 Å². The number of amides is 3. The van der Waals surface area contributed by atoms with Crippen LogP contribution in [0.2, 0.25) is 0 Å². The zero-order chi connectivity index (χ0) is 14.8. The first kappa shape index (κ1) is 14.6. The van der Waals surface area contributed by atoms with Crippen molar-refractivity contribution in [1.29, 1.82) is 0 Å². The fourth-order valence-electron chi connectivity index (χ4n) is 1.94. The average molecular weight is 292 g/mol. The number of urea groups is 1. The maximum Gasteiger partial charge on any atom is 0.325 e. The Kier molecular flexibility index (Phi) is 4.12. The summed E-state index contributed by atoms with van der Waals surface area (Å²) in [4.78, 5) is 27.0. The molecule has 0 bridgehead atoms. The SMILES string of the molecule is CCC1(C)NC(=O)N(Cc2ccc(C#CCO)s2)C1=O. The van der Waals surface area contributed by atoms with Crippen LogP contribution in [0.1, 0.15) is 30.0 Å². The van der Waals surface area contributed by atoms with Crippen LogP contribution in [0.4, 0.5) is 4.79 Å². The molecule has 0 spiro atoms. The summed E-state index contributed by atoms with van der Waals surface area (Å²) < 4.78 is 0. The minimum Gasteiger partial charge on any atom is -0.384 e. The first-order valence-corrected chi connectivity index (χ1v) is 7.14. The summed E-state index contributed by atoms with van der Waals surface area (Å²) in [5, 5.41) is 11.4. The zero-order valence-electron chi connectivity index (χ0n) is 11.4. The highest BCUT2D eigenvalue weighted by molar-refractivity contribution is 7.12. The smallest absolute Gasteiger partial charge is 0.325 e. The second kappa shape index (κ2) is 5.65. The molecule has 0 saturated carbocycles. The van der Waals surface area contributed by atoms with Crippen molar-refractivity contribution < 1.29 is 14.7 Å². The molecule has 2 N–H and O–H groups in total. The Morgan fingerprint density at radius 2 is 2.20 bits per heavy atom. The molecule has 106 valence electrons. The maximum atomic E-state index is 12.2. The van der Waals surface area contributed by atoms with Crippen LogP contribution in [0.25, 0.3) is 0 Å². The van der Waals surface area contributed by atoms with Gasteiger partial charge in [0.2, 0.25) is 0 Å². The van der Waals surface area contributed by atoms with Crippen LogP contribution in [-0.2, 0) is 11.3 Å². The summed E-state index contributed by atoms with van der Waals surface area (Å²) >= 11 is 1.41. The van der Waals surface area contributed by atoms with Crippen molar-refractivity contribution in [3.8, 4) is 11.8 Å². The van der Waals surface area contributed by atoms with E-state index in [2.05, 4.69) is 17.2 Å². The van der Waals surface area contributed by atoms with E-state index in [1.807, 2.05) is 19.1 Å². The lowest BCUT2D eigenvalue weighted by Crippen LogP contribution is -2.43. The molecule has 2 rings (SSSR count). The predicted molar refractivity (Wildman–Crippen MR) is 76.1 cm³/mol. The molecule has 0 radical (unpaired) electrons. The number of carbonyl (C=O) groups excluding carboxylic acids is 2. The Morgan fingerprint density at radius 1 is 1.45 bits per heavy atom. The monoisotopic (exact) mass is 292 g/mol. The minimum atomic E-state index is -0.798. The van der Waals surface area contributed by atoms with Gasteiger partial charge in [-0.3, -0.25) is 9.69 Å². The van der Waals surface area contributed by atoms with Crippen molar-refractivity contribution >= 4 is 23.3 Å². The molecule has 6 heteroatoms. The van der Waals surface area contributed by atoms with Crippen LogP contribution in [0.3, 0.4) is 0 Å². The third-order valence-corrected chi connectivity index (χ3v) is 4.30. The van der Waals surface area contributed by atoms with Gasteiger partial charge in [0.25, 0.3) is 5.91 Å². The number of thiophene rings is 1. The molecule has 3 amide bonds. The van der Waals surface area contributed by atoms with Crippen LogP contribution < -0.4 is 5.32 Å². The van der Waals surface area contributed by atoms with Crippen molar-refractivity contribution in [3.05, 3.63) is 21.9 Å². The van der Waals surface area contributed by atoms with Gasteiger partial charge in [-0.05, 0) is 25.5 Å². The van der Waals surface area contributed by atoms with E-state index in [1.165, 1.54) is 16.2 Å². The standard InChI is InChI=1S/C14H16N2O3S/c1-3-14(2)12(18)16(13(19)15-14)9-11-7-6-10(20-11)5-4-8-17/h6-7,17H,3,8-9H2,1-2H3,(H,15,19). The lowest BCUT2D eigenvalue weighted by molar-refractivity contribution is -0.131. The van der Waals surface area contributed by atoms with Gasteiger partial charge in [-0.25, -0.2) is 4.79 Å². The maximum absolute atomic E-state index is 12.2. The highest BCUT2D eigenvalue weighted by Crippen LogP contribution is 2.25. The predicted octanol–water partition coefficient (Wildman–Crippen LogP) is 1.31. The second-order valence-corrected chi connectivity index (χ2v) is 5.90. The fourth-order valence-corrected chi connectivity index (χ4v) is 2.81. The largest absolute Gasteiger partial charge is 0.384 e. The number of imide groups is 1. The van der Waals surface area contributed by atoms with E-state index in [4.69, 9.17) is 5.11 Å². The van der Waals surface area contributed by atoms with E-state index < -0.39 is 5.54 Å². The zero-order valence-corrected chi connectivity index (χ0v) is 12.2. The van der Waals surface area contributed by atoms with Gasteiger partial charge < -0.3 is 10.4 Å². The molecule has 1 fully saturated rings. The van der Waals surface area contributed by atoms with Crippen molar-refractivity contribution in [3.63, 3.8) is 0 Å². The van der Waals surface area contributed by atoms with Gasteiger partial charge in [-0.2, -0.15) is 0 Å². The van der Waals surface area contributed by atoms with E-state index in [1.54, 1.807) is 6.92 Å². The summed E-state index contributed by atoms with van der Waals surface area (Å²) in [6.07, 6.45) is 0.561. The summed E-state index contributed by atoms with van der Waals surface area (Å²) in [5.41, 5.74) is -0.798. The summed E-state index contributed by atoms with van der Waals surface area (Å²) in [5.74, 6) is 5.18. The van der Waals surface area contributed by atoms with Crippen LogP contribution in [-0.4, -0.2) is 34.1 Å². The van der Waals surface area contributed by atoms with Crippen molar-refractivity contribution in [1.82, 2.24) is 10.2 Å². The lowest BCUT2D eigenvalue weighted by Gasteiger charge is -2.18. The summed E-state index contributed by atoms with van der Waals surface area (Å²) in [7, 11) is 0. The van der Waals surface area contributed by atoms with Crippen LogP contribution in [0, 0.1) is 11.8 Å². The van der Waals surface area contributed by atoms with E-state index in [9.17, 15) is 9.59 Å². The highest BCUT2D eigenvalue weighted by atomic mass is 32.1. The van der Waals surface area contributed by atoms with Gasteiger partial charge in [0.05, 0.1) is 11.4 Å². The quantitative estimate of drug-likeness (QED) is 0.652. The summed E-state index contributed by atoms with van der Waals surface area (Å²) in [6.45, 7) is 3.68. The molecule has 1 aliphatic rings. The third-order valence-electron chi connectivity index (χ3n) is 3.32. The molecular weight excluding hydrogens is 276 g/mol. The molecule has 20 heavy (non-hydrogen) atoms. The number of nitrogens with zero attached hydrogens (tertiary/aromatic N) is 1. The number of aliphatic hydroxyl groups excluding tert-OH is 1. The molecule has 1 unspecified atom stereocenters. The molecule has 1 aromatic rings. The Bertz CT molecular complexity index is 599. The van der Waals surface area contributed by atoms with Gasteiger partial charge in [-0.15, -0.1) is 11.3 Å². The van der Waals surface area contributed by atoms with E-state index >= 15 is 0 Å². The molecule has 5 nitrogen and oxygen atoms in total. The van der Waals surface area contributed by atoms with E-state index in [0.29, 0.717) is 6.42 Å². The first-order valence-electron chi connectivity index (χ1n) is 6.32. The number of nitrogens with one attached hydrogen (secondary N) is 1. The second-order valence-electron chi connectivity index (χ2n) is 4.73. The third kappa shape index (κ3) is 2.69. The van der Waals surface area contributed by atoms with Crippen LogP contribution >= 0.6 is 11.3 Å². The topological polar surface area (TPSA) is 69.6 Å². The molecular formula is C14H16N2O3S. The Labute approximate surface area is 121 Å². The van der Waals surface area contributed by atoms with E-state index in [0.717, 1.165) is 9.75 Å². The molecule has 0 aliphatic carbocycles. The molecule has 1 saturated heterocycles.